The zero-order valence-electron chi connectivity index (χ0n) is 10.1. The molecule has 1 aliphatic rings. The third kappa shape index (κ3) is 1.82. The van der Waals surface area contributed by atoms with Crippen molar-refractivity contribution in [3.63, 3.8) is 0 Å². The van der Waals surface area contributed by atoms with E-state index < -0.39 is 0 Å². The van der Waals surface area contributed by atoms with Gasteiger partial charge in [0.05, 0.1) is 0 Å². The van der Waals surface area contributed by atoms with Gasteiger partial charge in [0.25, 0.3) is 5.91 Å². The van der Waals surface area contributed by atoms with Gasteiger partial charge in [0, 0.05) is 28.7 Å². The Kier molecular flexibility index (Phi) is 2.05. The van der Waals surface area contributed by atoms with Crippen molar-refractivity contribution in [2.45, 2.75) is 26.3 Å². The minimum absolute atomic E-state index is 0.0312. The van der Waals surface area contributed by atoms with Gasteiger partial charge in [-0.15, -0.1) is 0 Å². The molecular formula is C14H16N2O. The molecule has 0 saturated heterocycles. The first-order valence-electron chi connectivity index (χ1n) is 5.94. The van der Waals surface area contributed by atoms with Crippen LogP contribution in [0.1, 0.15) is 30.6 Å². The van der Waals surface area contributed by atoms with E-state index in [1.54, 1.807) is 0 Å². The van der Waals surface area contributed by atoms with Gasteiger partial charge < -0.3 is 10.3 Å². The molecule has 2 N–H and O–H groups in total. The number of hydrogen-bond donors (Lipinski definition) is 2. The van der Waals surface area contributed by atoms with E-state index in [9.17, 15) is 4.79 Å². The van der Waals surface area contributed by atoms with E-state index in [0.717, 1.165) is 22.9 Å². The Bertz CT molecular complexity index is 583. The maximum Gasteiger partial charge on any atom is 0.251 e. The fourth-order valence-electron chi connectivity index (χ4n) is 2.15. The van der Waals surface area contributed by atoms with Crippen LogP contribution < -0.4 is 5.32 Å². The second-order valence-electron chi connectivity index (χ2n) is 5.50. The minimum Gasteiger partial charge on any atom is -0.361 e. The Labute approximate surface area is 100 Å². The first kappa shape index (κ1) is 10.4. The van der Waals surface area contributed by atoms with Crippen LogP contribution in [-0.4, -0.2) is 16.9 Å². The summed E-state index contributed by atoms with van der Waals surface area (Å²) in [5.41, 5.74) is 2.07. The topological polar surface area (TPSA) is 44.9 Å². The highest BCUT2D eigenvalue weighted by molar-refractivity contribution is 5.98. The molecule has 0 aliphatic heterocycles. The average Bonchev–Trinajstić information content (AvgIpc) is 2.74. The lowest BCUT2D eigenvalue weighted by Crippen LogP contribution is -2.28. The SMILES string of the molecule is CC1(C)CC1NC(=O)c1ccc2[nH]ccc2c1. The normalized spacial score (nSPS) is 21.4. The lowest BCUT2D eigenvalue weighted by atomic mass is 10.1. The van der Waals surface area contributed by atoms with Crippen molar-refractivity contribution in [1.29, 1.82) is 0 Å². The number of H-pyrrole nitrogens is 1. The van der Waals surface area contributed by atoms with Gasteiger partial charge in [-0.3, -0.25) is 4.79 Å². The van der Waals surface area contributed by atoms with Crippen LogP contribution in [0.15, 0.2) is 30.5 Å². The highest BCUT2D eigenvalue weighted by Crippen LogP contribution is 2.44. The molecule has 88 valence electrons. The largest absolute Gasteiger partial charge is 0.361 e. The maximum absolute atomic E-state index is 12.0. The number of hydrogen-bond acceptors (Lipinski definition) is 1. The molecule has 1 aliphatic carbocycles. The maximum atomic E-state index is 12.0. The van der Waals surface area contributed by atoms with Gasteiger partial charge in [-0.2, -0.15) is 0 Å². The molecule has 17 heavy (non-hydrogen) atoms. The second kappa shape index (κ2) is 3.36. The molecule has 1 aromatic carbocycles. The number of fused-ring (bicyclic) bond motifs is 1. The second-order valence-corrected chi connectivity index (χ2v) is 5.50. The van der Waals surface area contributed by atoms with Crippen LogP contribution in [0, 0.1) is 5.41 Å². The predicted molar refractivity (Wildman–Crippen MR) is 68.0 cm³/mol. The summed E-state index contributed by atoms with van der Waals surface area (Å²) in [5, 5.41) is 4.14. The molecule has 1 unspecified atom stereocenters. The van der Waals surface area contributed by atoms with Crippen molar-refractivity contribution in [2.24, 2.45) is 5.41 Å². The summed E-state index contributed by atoms with van der Waals surface area (Å²) in [6.07, 6.45) is 2.96. The molecule has 0 spiro atoms. The van der Waals surface area contributed by atoms with E-state index in [1.807, 2.05) is 30.5 Å². The number of aromatic amines is 1. The molecule has 3 heteroatoms. The lowest BCUT2D eigenvalue weighted by molar-refractivity contribution is 0.0946. The summed E-state index contributed by atoms with van der Waals surface area (Å²) < 4.78 is 0. The van der Waals surface area contributed by atoms with Crippen molar-refractivity contribution in [2.75, 3.05) is 0 Å². The van der Waals surface area contributed by atoms with Gasteiger partial charge in [-0.05, 0) is 36.1 Å². The van der Waals surface area contributed by atoms with Gasteiger partial charge in [0.1, 0.15) is 0 Å². The zero-order chi connectivity index (χ0) is 12.0. The molecule has 1 aromatic heterocycles. The highest BCUT2D eigenvalue weighted by Gasteiger charge is 2.46. The number of amides is 1. The number of benzene rings is 1. The molecule has 3 nitrogen and oxygen atoms in total. The molecule has 1 heterocycles. The fraction of sp³-hybridized carbons (Fsp3) is 0.357. The quantitative estimate of drug-likeness (QED) is 0.815. The van der Waals surface area contributed by atoms with E-state index in [2.05, 4.69) is 24.1 Å². The van der Waals surface area contributed by atoms with E-state index >= 15 is 0 Å². The van der Waals surface area contributed by atoms with E-state index in [-0.39, 0.29) is 11.3 Å². The Morgan fingerprint density at radius 2 is 2.18 bits per heavy atom. The Morgan fingerprint density at radius 1 is 1.41 bits per heavy atom. The van der Waals surface area contributed by atoms with Gasteiger partial charge in [0.2, 0.25) is 0 Å². The molecular weight excluding hydrogens is 212 g/mol. The van der Waals surface area contributed by atoms with Crippen LogP contribution >= 0.6 is 0 Å². The van der Waals surface area contributed by atoms with Crippen LogP contribution in [0.3, 0.4) is 0 Å². The molecule has 1 saturated carbocycles. The van der Waals surface area contributed by atoms with Crippen LogP contribution in [0.2, 0.25) is 0 Å². The number of rotatable bonds is 2. The van der Waals surface area contributed by atoms with Crippen LogP contribution in [0.5, 0.6) is 0 Å². The van der Waals surface area contributed by atoms with Crippen LogP contribution in [0.4, 0.5) is 0 Å². The number of carbonyl (C=O) groups excluding carboxylic acids is 1. The monoisotopic (exact) mass is 228 g/mol. The van der Waals surface area contributed by atoms with Crippen molar-refractivity contribution < 1.29 is 4.79 Å². The van der Waals surface area contributed by atoms with E-state index in [0.29, 0.717) is 6.04 Å². The van der Waals surface area contributed by atoms with Crippen molar-refractivity contribution in [1.82, 2.24) is 10.3 Å². The number of aromatic nitrogens is 1. The average molecular weight is 228 g/mol. The summed E-state index contributed by atoms with van der Waals surface area (Å²) in [6, 6.07) is 8.05. The molecule has 0 bridgehead atoms. The zero-order valence-corrected chi connectivity index (χ0v) is 10.1. The first-order chi connectivity index (χ1) is 8.06. The molecule has 1 atom stereocenters. The Hall–Kier alpha value is -1.77. The van der Waals surface area contributed by atoms with Crippen molar-refractivity contribution in [3.05, 3.63) is 36.0 Å². The molecule has 1 amide bonds. The number of nitrogens with one attached hydrogen (secondary N) is 2. The fourth-order valence-corrected chi connectivity index (χ4v) is 2.15. The predicted octanol–water partition coefficient (Wildman–Crippen LogP) is 2.70. The number of carbonyl (C=O) groups is 1. The summed E-state index contributed by atoms with van der Waals surface area (Å²) in [7, 11) is 0. The van der Waals surface area contributed by atoms with Crippen LogP contribution in [0.25, 0.3) is 10.9 Å². The third-order valence-corrected chi connectivity index (χ3v) is 3.63. The minimum atomic E-state index is 0.0312. The molecule has 0 radical (unpaired) electrons. The first-order valence-corrected chi connectivity index (χ1v) is 5.94. The summed E-state index contributed by atoms with van der Waals surface area (Å²) >= 11 is 0. The highest BCUT2D eigenvalue weighted by atomic mass is 16.1. The van der Waals surface area contributed by atoms with E-state index in [1.165, 1.54) is 0 Å². The van der Waals surface area contributed by atoms with Crippen molar-refractivity contribution >= 4 is 16.8 Å². The molecule has 3 rings (SSSR count). The van der Waals surface area contributed by atoms with Crippen LogP contribution in [-0.2, 0) is 0 Å². The van der Waals surface area contributed by atoms with E-state index in [4.69, 9.17) is 0 Å². The van der Waals surface area contributed by atoms with Gasteiger partial charge in [0.15, 0.2) is 0 Å². The third-order valence-electron chi connectivity index (χ3n) is 3.63. The Balaban J connectivity index is 1.81. The van der Waals surface area contributed by atoms with Gasteiger partial charge in [-0.25, -0.2) is 0 Å². The summed E-state index contributed by atoms with van der Waals surface area (Å²) in [6.45, 7) is 4.35. The smallest absolute Gasteiger partial charge is 0.251 e. The van der Waals surface area contributed by atoms with Gasteiger partial charge in [-0.1, -0.05) is 13.8 Å². The Morgan fingerprint density at radius 3 is 2.88 bits per heavy atom. The summed E-state index contributed by atoms with van der Waals surface area (Å²) in [5.74, 6) is 0.0312. The standard InChI is InChI=1S/C14H16N2O/c1-14(2)8-12(14)16-13(17)10-3-4-11-9(7-10)5-6-15-11/h3-7,12,15H,8H2,1-2H3,(H,16,17). The molecule has 1 fully saturated rings. The molecule has 2 aromatic rings. The van der Waals surface area contributed by atoms with Gasteiger partial charge >= 0.3 is 0 Å². The summed E-state index contributed by atoms with van der Waals surface area (Å²) in [4.78, 5) is 15.1. The van der Waals surface area contributed by atoms with Crippen molar-refractivity contribution in [3.8, 4) is 0 Å². The lowest BCUT2D eigenvalue weighted by Gasteiger charge is -2.06.